The van der Waals surface area contributed by atoms with Crippen LogP contribution in [0.5, 0.6) is 5.75 Å². The summed E-state index contributed by atoms with van der Waals surface area (Å²) in [5.74, 6) is -2.17. The molecule has 10 nitrogen and oxygen atoms in total. The molecular weight excluding hydrogens is 591 g/mol. The number of piperazine rings is 1. The van der Waals surface area contributed by atoms with Crippen molar-refractivity contribution in [2.75, 3.05) is 43.5 Å². The number of carbonyl (C=O) groups is 4. The Bertz CT molecular complexity index is 1720. The molecule has 0 saturated carbocycles. The van der Waals surface area contributed by atoms with Crippen LogP contribution in [-0.2, 0) is 4.79 Å². The van der Waals surface area contributed by atoms with Gasteiger partial charge >= 0.3 is 5.97 Å². The minimum atomic E-state index is -1.14. The molecular formula is C35H33FN4O6. The second-order valence-electron chi connectivity index (χ2n) is 10.7. The number of rotatable bonds is 10. The van der Waals surface area contributed by atoms with Crippen molar-refractivity contribution < 1.29 is 33.4 Å². The van der Waals surface area contributed by atoms with Crippen LogP contribution in [0.25, 0.3) is 0 Å². The molecule has 0 aromatic heterocycles. The van der Waals surface area contributed by atoms with E-state index in [1.807, 2.05) is 23.1 Å². The first kappa shape index (κ1) is 31.7. The third kappa shape index (κ3) is 7.68. The molecule has 1 heterocycles. The standard InChI is InChI=1S/C35H33FN4O6/c1-46-28-9-5-8-25(20-28)33(43)38-30-21-26(34(44)37-29(22-32(41)42)23-10-13-27(36)14-11-23)12-15-31(30)39-16-18-40(19-17-39)35(45)24-6-3-2-4-7-24/h2-15,20-21,29H,16-19,22H2,1H3,(H,37,44)(H,38,43)(H,41,42). The lowest BCUT2D eigenvalue weighted by Crippen LogP contribution is -2.49. The second kappa shape index (κ2) is 14.4. The number of hydrogen-bond acceptors (Lipinski definition) is 6. The number of amides is 3. The minimum absolute atomic E-state index is 0.0594. The molecule has 1 fully saturated rings. The number of hydrogen-bond donors (Lipinski definition) is 3. The Morgan fingerprint density at radius 3 is 2.15 bits per heavy atom. The molecule has 11 heteroatoms. The molecule has 0 spiro atoms. The van der Waals surface area contributed by atoms with Crippen LogP contribution < -0.4 is 20.3 Å². The average molecular weight is 625 g/mol. The summed E-state index contributed by atoms with van der Waals surface area (Å²) in [4.78, 5) is 55.2. The zero-order valence-corrected chi connectivity index (χ0v) is 25.1. The van der Waals surface area contributed by atoms with Crippen LogP contribution in [0.4, 0.5) is 15.8 Å². The summed E-state index contributed by atoms with van der Waals surface area (Å²) in [5, 5.41) is 15.1. The fourth-order valence-electron chi connectivity index (χ4n) is 5.29. The zero-order chi connectivity index (χ0) is 32.6. The predicted molar refractivity (Wildman–Crippen MR) is 171 cm³/mol. The van der Waals surface area contributed by atoms with Crippen LogP contribution >= 0.6 is 0 Å². The minimum Gasteiger partial charge on any atom is -0.497 e. The van der Waals surface area contributed by atoms with Gasteiger partial charge in [-0.2, -0.15) is 0 Å². The molecule has 46 heavy (non-hydrogen) atoms. The number of ether oxygens (including phenoxy) is 1. The number of carboxylic acids is 1. The van der Waals surface area contributed by atoms with E-state index in [-0.39, 0.29) is 11.5 Å². The first-order valence-corrected chi connectivity index (χ1v) is 14.7. The van der Waals surface area contributed by atoms with Gasteiger partial charge in [-0.15, -0.1) is 0 Å². The van der Waals surface area contributed by atoms with Crippen LogP contribution in [0, 0.1) is 5.82 Å². The summed E-state index contributed by atoms with van der Waals surface area (Å²) in [6, 6.07) is 24.9. The van der Waals surface area contributed by atoms with Crippen LogP contribution in [0.1, 0.15) is 49.1 Å². The number of carbonyl (C=O) groups excluding carboxylic acids is 3. The summed E-state index contributed by atoms with van der Waals surface area (Å²) in [6.07, 6.45) is -0.416. The van der Waals surface area contributed by atoms with Crippen LogP contribution in [0.15, 0.2) is 97.1 Å². The number of aliphatic carboxylic acids is 1. The van der Waals surface area contributed by atoms with E-state index in [2.05, 4.69) is 10.6 Å². The highest BCUT2D eigenvalue weighted by Gasteiger charge is 2.26. The molecule has 3 amide bonds. The highest BCUT2D eigenvalue weighted by molar-refractivity contribution is 6.07. The molecule has 4 aromatic carbocycles. The predicted octanol–water partition coefficient (Wildman–Crippen LogP) is 4.99. The molecule has 0 radical (unpaired) electrons. The van der Waals surface area contributed by atoms with Crippen LogP contribution in [0.2, 0.25) is 0 Å². The maximum atomic E-state index is 13.5. The molecule has 3 N–H and O–H groups in total. The van der Waals surface area contributed by atoms with Gasteiger partial charge in [0.15, 0.2) is 0 Å². The van der Waals surface area contributed by atoms with Crippen molar-refractivity contribution in [1.29, 1.82) is 0 Å². The van der Waals surface area contributed by atoms with E-state index in [9.17, 15) is 28.7 Å². The Hall–Kier alpha value is -5.71. The summed E-state index contributed by atoms with van der Waals surface area (Å²) < 4.78 is 18.8. The summed E-state index contributed by atoms with van der Waals surface area (Å²) >= 11 is 0. The monoisotopic (exact) mass is 624 g/mol. The Morgan fingerprint density at radius 2 is 1.48 bits per heavy atom. The Balaban J connectivity index is 1.40. The molecule has 0 bridgehead atoms. The largest absolute Gasteiger partial charge is 0.497 e. The SMILES string of the molecule is COc1cccc(C(=O)Nc2cc(C(=O)NC(CC(=O)O)c3ccc(F)cc3)ccc2N2CCN(C(=O)c3ccccc3)CC2)c1. The fraction of sp³-hybridized carbons (Fsp3) is 0.200. The summed E-state index contributed by atoms with van der Waals surface area (Å²) in [6.45, 7) is 1.87. The van der Waals surface area contributed by atoms with E-state index in [1.165, 1.54) is 37.4 Å². The van der Waals surface area contributed by atoms with Gasteiger partial charge in [0.1, 0.15) is 11.6 Å². The summed E-state index contributed by atoms with van der Waals surface area (Å²) in [7, 11) is 1.50. The van der Waals surface area contributed by atoms with Gasteiger partial charge in [0.05, 0.1) is 30.9 Å². The first-order chi connectivity index (χ1) is 22.2. The third-order valence-corrected chi connectivity index (χ3v) is 7.72. The van der Waals surface area contributed by atoms with Crippen molar-refractivity contribution in [3.05, 3.63) is 125 Å². The van der Waals surface area contributed by atoms with Crippen LogP contribution in [-0.4, -0.2) is 67.0 Å². The van der Waals surface area contributed by atoms with Gasteiger partial charge in [0, 0.05) is 42.9 Å². The van der Waals surface area contributed by atoms with Gasteiger partial charge in [0.25, 0.3) is 17.7 Å². The molecule has 1 unspecified atom stereocenters. The highest BCUT2D eigenvalue weighted by Crippen LogP contribution is 2.30. The molecule has 5 rings (SSSR count). The van der Waals surface area contributed by atoms with Crippen molar-refractivity contribution in [3.8, 4) is 5.75 Å². The van der Waals surface area contributed by atoms with Crippen LogP contribution in [0.3, 0.4) is 0 Å². The van der Waals surface area contributed by atoms with Gasteiger partial charge in [0.2, 0.25) is 0 Å². The second-order valence-corrected chi connectivity index (χ2v) is 10.7. The molecule has 1 atom stereocenters. The lowest BCUT2D eigenvalue weighted by atomic mass is 10.0. The van der Waals surface area contributed by atoms with E-state index in [1.54, 1.807) is 53.4 Å². The number of carboxylic acid groups (broad SMARTS) is 1. The maximum absolute atomic E-state index is 13.5. The van der Waals surface area contributed by atoms with E-state index in [4.69, 9.17) is 4.74 Å². The molecule has 1 aliphatic heterocycles. The van der Waals surface area contributed by atoms with Gasteiger partial charge in [-0.3, -0.25) is 19.2 Å². The number of nitrogens with zero attached hydrogens (tertiary/aromatic N) is 2. The molecule has 236 valence electrons. The number of methoxy groups -OCH3 is 1. The van der Waals surface area contributed by atoms with Gasteiger partial charge in [-0.1, -0.05) is 36.4 Å². The molecule has 4 aromatic rings. The van der Waals surface area contributed by atoms with Crippen molar-refractivity contribution in [2.45, 2.75) is 12.5 Å². The Morgan fingerprint density at radius 1 is 0.804 bits per heavy atom. The van der Waals surface area contributed by atoms with Gasteiger partial charge in [-0.25, -0.2) is 4.39 Å². The number of halogens is 1. The van der Waals surface area contributed by atoms with Crippen molar-refractivity contribution >= 4 is 35.1 Å². The molecule has 1 saturated heterocycles. The quantitative estimate of drug-likeness (QED) is 0.227. The maximum Gasteiger partial charge on any atom is 0.305 e. The van der Waals surface area contributed by atoms with E-state index in [0.29, 0.717) is 60.0 Å². The smallest absolute Gasteiger partial charge is 0.305 e. The molecule has 1 aliphatic rings. The lowest BCUT2D eigenvalue weighted by molar-refractivity contribution is -0.137. The zero-order valence-electron chi connectivity index (χ0n) is 25.1. The van der Waals surface area contributed by atoms with Gasteiger partial charge < -0.3 is 30.3 Å². The fourth-order valence-corrected chi connectivity index (χ4v) is 5.29. The van der Waals surface area contributed by atoms with E-state index < -0.39 is 36.1 Å². The Kier molecular flexibility index (Phi) is 9.91. The first-order valence-electron chi connectivity index (χ1n) is 14.7. The number of nitrogens with one attached hydrogen (secondary N) is 2. The van der Waals surface area contributed by atoms with Gasteiger partial charge in [-0.05, 0) is 66.2 Å². The highest BCUT2D eigenvalue weighted by atomic mass is 19.1. The van der Waals surface area contributed by atoms with Crippen molar-refractivity contribution in [2.24, 2.45) is 0 Å². The van der Waals surface area contributed by atoms with E-state index in [0.717, 1.165) is 0 Å². The summed E-state index contributed by atoms with van der Waals surface area (Å²) in [5.41, 5.74) is 2.58. The topological polar surface area (TPSA) is 128 Å². The molecule has 0 aliphatic carbocycles. The van der Waals surface area contributed by atoms with Crippen molar-refractivity contribution in [3.63, 3.8) is 0 Å². The average Bonchev–Trinajstić information content (AvgIpc) is 3.08. The number of anilines is 2. The van der Waals surface area contributed by atoms with E-state index >= 15 is 0 Å². The third-order valence-electron chi connectivity index (χ3n) is 7.72. The Labute approximate surface area is 265 Å². The lowest BCUT2D eigenvalue weighted by Gasteiger charge is -2.37. The normalized spacial score (nSPS) is 13.4. The number of benzene rings is 4. The van der Waals surface area contributed by atoms with Crippen molar-refractivity contribution in [1.82, 2.24) is 10.2 Å².